The predicted octanol–water partition coefficient (Wildman–Crippen LogP) is 5.86. The Morgan fingerprint density at radius 1 is 1.18 bits per heavy atom. The van der Waals surface area contributed by atoms with Gasteiger partial charge >= 0.3 is 0 Å². The van der Waals surface area contributed by atoms with Crippen molar-refractivity contribution in [2.45, 2.75) is 6.92 Å². The van der Waals surface area contributed by atoms with Gasteiger partial charge in [-0.1, -0.05) is 29.8 Å². The standard InChI is InChI=1S/C25H19ClFN3O3S/c1-15-4-2-3-5-20(15)30-24(32)22(34-25(30)28)13-16-12-17(26)6-11-21(16)33-14-23(31)29-19-9-7-18(27)8-10-19/h2-13,28H,14H2,1H3,(H,29,31)/b22-13-,28-25?. The number of hydrogen-bond donors (Lipinski definition) is 2. The number of aryl methyl sites for hydroxylation is 1. The van der Waals surface area contributed by atoms with Crippen LogP contribution in [0.25, 0.3) is 6.08 Å². The fraction of sp³-hybridized carbons (Fsp3) is 0.0800. The zero-order chi connectivity index (χ0) is 24.2. The highest BCUT2D eigenvalue weighted by atomic mass is 35.5. The zero-order valence-electron chi connectivity index (χ0n) is 18.0. The van der Waals surface area contributed by atoms with E-state index in [0.717, 1.165) is 17.3 Å². The van der Waals surface area contributed by atoms with Crippen molar-refractivity contribution in [3.8, 4) is 5.75 Å². The molecular formula is C25H19ClFN3O3S. The number of hydrogen-bond acceptors (Lipinski definition) is 5. The first-order valence-electron chi connectivity index (χ1n) is 10.2. The largest absolute Gasteiger partial charge is 0.483 e. The van der Waals surface area contributed by atoms with E-state index in [2.05, 4.69) is 5.32 Å². The summed E-state index contributed by atoms with van der Waals surface area (Å²) >= 11 is 7.19. The number of benzene rings is 3. The van der Waals surface area contributed by atoms with Crippen LogP contribution < -0.4 is 15.0 Å². The SMILES string of the molecule is Cc1ccccc1N1C(=N)S/C(=C\c2cc(Cl)ccc2OCC(=O)Nc2ccc(F)cc2)C1=O. The molecule has 0 spiro atoms. The second kappa shape index (κ2) is 10.1. The minimum absolute atomic E-state index is 0.0914. The fourth-order valence-corrected chi connectivity index (χ4v) is 4.32. The summed E-state index contributed by atoms with van der Waals surface area (Å²) in [5.74, 6) is -0.815. The number of rotatable bonds is 6. The normalized spacial score (nSPS) is 14.6. The number of carbonyl (C=O) groups excluding carboxylic acids is 2. The highest BCUT2D eigenvalue weighted by Gasteiger charge is 2.34. The van der Waals surface area contributed by atoms with Crippen LogP contribution in [0.3, 0.4) is 0 Å². The molecule has 0 radical (unpaired) electrons. The number of carbonyl (C=O) groups is 2. The molecule has 1 aliphatic rings. The maximum atomic E-state index is 13.1. The van der Waals surface area contributed by atoms with E-state index in [1.807, 2.05) is 25.1 Å². The van der Waals surface area contributed by atoms with E-state index in [0.29, 0.717) is 32.6 Å². The molecule has 34 heavy (non-hydrogen) atoms. The number of amidine groups is 1. The van der Waals surface area contributed by atoms with Crippen molar-refractivity contribution >= 4 is 57.8 Å². The molecule has 0 atom stereocenters. The Labute approximate surface area is 204 Å². The van der Waals surface area contributed by atoms with Gasteiger partial charge < -0.3 is 10.1 Å². The Morgan fingerprint density at radius 2 is 1.91 bits per heavy atom. The summed E-state index contributed by atoms with van der Waals surface area (Å²) in [6.07, 6.45) is 1.60. The second-order valence-corrected chi connectivity index (χ2v) is 8.84. The molecule has 6 nitrogen and oxygen atoms in total. The van der Waals surface area contributed by atoms with Crippen LogP contribution in [0.1, 0.15) is 11.1 Å². The predicted molar refractivity (Wildman–Crippen MR) is 134 cm³/mol. The third-order valence-electron chi connectivity index (χ3n) is 4.93. The van der Waals surface area contributed by atoms with Crippen LogP contribution in [-0.2, 0) is 9.59 Å². The molecular weight excluding hydrogens is 477 g/mol. The minimum atomic E-state index is -0.431. The van der Waals surface area contributed by atoms with Crippen LogP contribution in [0.2, 0.25) is 5.02 Å². The van der Waals surface area contributed by atoms with Gasteiger partial charge in [0.25, 0.3) is 11.8 Å². The molecule has 0 aliphatic carbocycles. The Morgan fingerprint density at radius 3 is 2.65 bits per heavy atom. The maximum Gasteiger partial charge on any atom is 0.271 e. The molecule has 3 aromatic carbocycles. The van der Waals surface area contributed by atoms with Crippen LogP contribution in [0, 0.1) is 18.2 Å². The molecule has 3 aromatic rings. The van der Waals surface area contributed by atoms with E-state index in [1.54, 1.807) is 30.3 Å². The number of thioether (sulfide) groups is 1. The molecule has 1 fully saturated rings. The van der Waals surface area contributed by atoms with Gasteiger partial charge in [-0.05, 0) is 78.9 Å². The van der Waals surface area contributed by atoms with Gasteiger partial charge in [0.05, 0.1) is 10.6 Å². The first kappa shape index (κ1) is 23.5. The number of ether oxygens (including phenoxy) is 1. The van der Waals surface area contributed by atoms with Crippen LogP contribution >= 0.6 is 23.4 Å². The van der Waals surface area contributed by atoms with Crippen molar-refractivity contribution in [3.63, 3.8) is 0 Å². The van der Waals surface area contributed by atoms with E-state index in [-0.39, 0.29) is 17.7 Å². The highest BCUT2D eigenvalue weighted by molar-refractivity contribution is 8.19. The number of anilines is 2. The second-order valence-electron chi connectivity index (χ2n) is 7.37. The van der Waals surface area contributed by atoms with Crippen LogP contribution in [0.15, 0.2) is 71.6 Å². The molecule has 2 N–H and O–H groups in total. The third-order valence-corrected chi connectivity index (χ3v) is 6.05. The summed E-state index contributed by atoms with van der Waals surface area (Å²) in [5.41, 5.74) is 2.46. The van der Waals surface area contributed by atoms with E-state index < -0.39 is 11.7 Å². The molecule has 0 bridgehead atoms. The molecule has 4 rings (SSSR count). The topological polar surface area (TPSA) is 82.5 Å². The number of halogens is 2. The summed E-state index contributed by atoms with van der Waals surface area (Å²) in [4.78, 5) is 27.0. The van der Waals surface area contributed by atoms with Crippen molar-refractivity contribution in [2.24, 2.45) is 0 Å². The summed E-state index contributed by atoms with van der Waals surface area (Å²) in [7, 11) is 0. The number of para-hydroxylation sites is 1. The van der Waals surface area contributed by atoms with Gasteiger partial charge in [-0.3, -0.25) is 19.9 Å². The first-order valence-corrected chi connectivity index (χ1v) is 11.4. The Hall–Kier alpha value is -3.62. The lowest BCUT2D eigenvalue weighted by atomic mass is 10.1. The summed E-state index contributed by atoms with van der Waals surface area (Å²) in [5, 5.41) is 11.5. The Balaban J connectivity index is 1.52. The Bertz CT molecular complexity index is 1310. The molecule has 1 saturated heterocycles. The monoisotopic (exact) mass is 495 g/mol. The van der Waals surface area contributed by atoms with E-state index in [4.69, 9.17) is 21.7 Å². The van der Waals surface area contributed by atoms with Gasteiger partial charge in [-0.15, -0.1) is 0 Å². The average molecular weight is 496 g/mol. The van der Waals surface area contributed by atoms with Crippen molar-refractivity contribution < 1.29 is 18.7 Å². The van der Waals surface area contributed by atoms with Gasteiger partial charge in [-0.2, -0.15) is 0 Å². The molecule has 0 saturated carbocycles. The molecule has 2 amide bonds. The van der Waals surface area contributed by atoms with Gasteiger partial charge in [-0.25, -0.2) is 4.39 Å². The van der Waals surface area contributed by atoms with Crippen molar-refractivity contribution in [3.05, 3.63) is 93.6 Å². The molecule has 9 heteroatoms. The van der Waals surface area contributed by atoms with Crippen molar-refractivity contribution in [2.75, 3.05) is 16.8 Å². The van der Waals surface area contributed by atoms with E-state index in [9.17, 15) is 14.0 Å². The smallest absolute Gasteiger partial charge is 0.271 e. The molecule has 1 aliphatic heterocycles. The molecule has 0 aromatic heterocycles. The van der Waals surface area contributed by atoms with Gasteiger partial charge in [0, 0.05) is 16.3 Å². The molecule has 172 valence electrons. The number of amides is 2. The third kappa shape index (κ3) is 5.30. The summed E-state index contributed by atoms with van der Waals surface area (Å²) < 4.78 is 18.7. The zero-order valence-corrected chi connectivity index (χ0v) is 19.5. The number of nitrogens with one attached hydrogen (secondary N) is 2. The lowest BCUT2D eigenvalue weighted by Gasteiger charge is -2.16. The summed E-state index contributed by atoms with van der Waals surface area (Å²) in [6.45, 7) is 1.57. The van der Waals surface area contributed by atoms with Crippen LogP contribution in [0.4, 0.5) is 15.8 Å². The lowest BCUT2D eigenvalue weighted by molar-refractivity contribution is -0.118. The van der Waals surface area contributed by atoms with E-state index in [1.165, 1.54) is 29.2 Å². The van der Waals surface area contributed by atoms with Crippen LogP contribution in [0.5, 0.6) is 5.75 Å². The minimum Gasteiger partial charge on any atom is -0.483 e. The summed E-state index contributed by atoms with van der Waals surface area (Å²) in [6, 6.07) is 17.6. The first-order chi connectivity index (χ1) is 16.3. The molecule has 0 unspecified atom stereocenters. The Kier molecular flexibility index (Phi) is 7.00. The van der Waals surface area contributed by atoms with E-state index >= 15 is 0 Å². The molecule has 1 heterocycles. The van der Waals surface area contributed by atoms with Gasteiger partial charge in [0.2, 0.25) is 0 Å². The highest BCUT2D eigenvalue weighted by Crippen LogP contribution is 2.37. The average Bonchev–Trinajstić information content (AvgIpc) is 3.08. The van der Waals surface area contributed by atoms with Gasteiger partial charge in [0.1, 0.15) is 11.6 Å². The fourth-order valence-electron chi connectivity index (χ4n) is 3.30. The quantitative estimate of drug-likeness (QED) is 0.419. The van der Waals surface area contributed by atoms with Crippen molar-refractivity contribution in [1.29, 1.82) is 5.41 Å². The van der Waals surface area contributed by atoms with Crippen molar-refractivity contribution in [1.82, 2.24) is 0 Å². The lowest BCUT2D eigenvalue weighted by Crippen LogP contribution is -2.28. The van der Waals surface area contributed by atoms with Crippen LogP contribution in [-0.4, -0.2) is 23.6 Å². The maximum absolute atomic E-state index is 13.1. The number of nitrogens with zero attached hydrogens (tertiary/aromatic N) is 1. The van der Waals surface area contributed by atoms with Gasteiger partial charge in [0.15, 0.2) is 11.8 Å².